The third-order valence-electron chi connectivity index (χ3n) is 5.76. The number of likely N-dealkylation sites (tertiary alicyclic amines) is 1. The van der Waals surface area contributed by atoms with Gasteiger partial charge in [-0.05, 0) is 49.6 Å². The second-order valence-electron chi connectivity index (χ2n) is 8.23. The van der Waals surface area contributed by atoms with E-state index >= 15 is 0 Å². The molecule has 1 aliphatic heterocycles. The highest BCUT2D eigenvalue weighted by molar-refractivity contribution is 6.46. The zero-order valence-corrected chi connectivity index (χ0v) is 20.5. The van der Waals surface area contributed by atoms with Crippen LogP contribution >= 0.6 is 0 Å². The quantitative estimate of drug-likeness (QED) is 0.199. The van der Waals surface area contributed by atoms with Crippen molar-refractivity contribution < 1.29 is 34.0 Å². The third kappa shape index (κ3) is 5.95. The highest BCUT2D eigenvalue weighted by Crippen LogP contribution is 2.42. The van der Waals surface area contributed by atoms with Gasteiger partial charge >= 0.3 is 0 Å². The number of methoxy groups -OCH3 is 1. The van der Waals surface area contributed by atoms with Crippen LogP contribution in [0, 0.1) is 0 Å². The molecule has 3 rings (SSSR count). The van der Waals surface area contributed by atoms with Crippen molar-refractivity contribution in [3.63, 3.8) is 0 Å². The van der Waals surface area contributed by atoms with Gasteiger partial charge < -0.3 is 29.3 Å². The van der Waals surface area contributed by atoms with Crippen LogP contribution in [0.25, 0.3) is 5.76 Å². The van der Waals surface area contributed by atoms with Gasteiger partial charge in [-0.15, -0.1) is 0 Å². The molecule has 0 aliphatic carbocycles. The van der Waals surface area contributed by atoms with Gasteiger partial charge in [-0.3, -0.25) is 9.59 Å². The van der Waals surface area contributed by atoms with Crippen LogP contribution in [0.5, 0.6) is 17.2 Å². The van der Waals surface area contributed by atoms with Gasteiger partial charge in [0.1, 0.15) is 11.5 Å². The number of phenolic OH excluding ortho intramolecular Hbond substituents is 1. The van der Waals surface area contributed by atoms with E-state index in [0.717, 1.165) is 12.8 Å². The fourth-order valence-electron chi connectivity index (χ4n) is 4.03. The number of benzene rings is 2. The normalized spacial score (nSPS) is 17.1. The van der Waals surface area contributed by atoms with Crippen LogP contribution in [-0.4, -0.2) is 60.3 Å². The molecular weight excluding hydrogens is 450 g/mol. The molecule has 1 unspecified atom stereocenters. The molecule has 1 amide bonds. The molecule has 0 bridgehead atoms. The minimum Gasteiger partial charge on any atom is -0.507 e. The summed E-state index contributed by atoms with van der Waals surface area (Å²) >= 11 is 0. The Morgan fingerprint density at radius 3 is 2.54 bits per heavy atom. The Balaban J connectivity index is 2.09. The van der Waals surface area contributed by atoms with Crippen LogP contribution < -0.4 is 9.47 Å². The van der Waals surface area contributed by atoms with Gasteiger partial charge in [-0.1, -0.05) is 31.5 Å². The van der Waals surface area contributed by atoms with E-state index in [1.165, 1.54) is 11.0 Å². The maximum absolute atomic E-state index is 13.2. The lowest BCUT2D eigenvalue weighted by Crippen LogP contribution is -2.31. The molecule has 0 saturated carbocycles. The number of ether oxygens (including phenoxy) is 3. The summed E-state index contributed by atoms with van der Waals surface area (Å²) in [4.78, 5) is 27.6. The molecule has 0 aromatic heterocycles. The van der Waals surface area contributed by atoms with Gasteiger partial charge in [0.05, 0.1) is 24.8 Å². The number of amides is 1. The molecule has 1 atom stereocenters. The van der Waals surface area contributed by atoms with E-state index in [-0.39, 0.29) is 29.4 Å². The van der Waals surface area contributed by atoms with Gasteiger partial charge in [0.2, 0.25) is 0 Å². The summed E-state index contributed by atoms with van der Waals surface area (Å²) < 4.78 is 16.4. The Labute approximate surface area is 205 Å². The second-order valence-corrected chi connectivity index (χ2v) is 8.23. The SMILES string of the molecule is CCCCOc1cccc(C(O)=C2C(=O)C(=O)N(CCCOC)C2c2ccc(O)c(OCC)c2)c1. The standard InChI is InChI=1S/C27H33NO7/c1-4-6-15-35-20-10-7-9-19(16-20)25(30)23-24(18-11-12-21(29)22(17-18)34-5-2)28(13-8-14-33-3)27(32)26(23)31/h7,9-12,16-17,24,29-30H,4-6,8,13-15H2,1-3H3. The summed E-state index contributed by atoms with van der Waals surface area (Å²) in [5, 5.41) is 21.4. The second kappa shape index (κ2) is 12.3. The van der Waals surface area contributed by atoms with Gasteiger partial charge in [0.25, 0.3) is 11.7 Å². The molecule has 0 spiro atoms. The van der Waals surface area contributed by atoms with E-state index in [1.807, 2.05) is 0 Å². The summed E-state index contributed by atoms with van der Waals surface area (Å²) in [5.41, 5.74) is 0.897. The number of carbonyl (C=O) groups excluding carboxylic acids is 2. The first-order chi connectivity index (χ1) is 16.9. The molecule has 188 valence electrons. The molecular formula is C27H33NO7. The number of hydrogen-bond acceptors (Lipinski definition) is 7. The average molecular weight is 484 g/mol. The van der Waals surface area contributed by atoms with Crippen LogP contribution in [0.1, 0.15) is 50.3 Å². The fraction of sp³-hybridized carbons (Fsp3) is 0.407. The lowest BCUT2D eigenvalue weighted by molar-refractivity contribution is -0.140. The minimum absolute atomic E-state index is 0.0220. The number of aliphatic hydroxyl groups excluding tert-OH is 1. The first kappa shape index (κ1) is 26.1. The van der Waals surface area contributed by atoms with Crippen LogP contribution in [-0.2, 0) is 14.3 Å². The molecule has 1 saturated heterocycles. The number of ketones is 1. The molecule has 2 N–H and O–H groups in total. The third-order valence-corrected chi connectivity index (χ3v) is 5.76. The van der Waals surface area contributed by atoms with Crippen molar-refractivity contribution in [1.82, 2.24) is 4.90 Å². The number of aromatic hydroxyl groups is 1. The van der Waals surface area contributed by atoms with E-state index < -0.39 is 17.7 Å². The van der Waals surface area contributed by atoms with Crippen molar-refractivity contribution in [2.75, 3.05) is 33.5 Å². The Hall–Kier alpha value is -3.52. The molecule has 1 fully saturated rings. The highest BCUT2D eigenvalue weighted by Gasteiger charge is 2.46. The van der Waals surface area contributed by atoms with Crippen molar-refractivity contribution in [3.8, 4) is 17.2 Å². The summed E-state index contributed by atoms with van der Waals surface area (Å²) in [6, 6.07) is 10.7. The number of phenols is 1. The lowest BCUT2D eigenvalue weighted by atomic mass is 9.95. The molecule has 8 nitrogen and oxygen atoms in total. The Morgan fingerprint density at radius 2 is 1.83 bits per heavy atom. The van der Waals surface area contributed by atoms with Crippen LogP contribution in [0.15, 0.2) is 48.0 Å². The van der Waals surface area contributed by atoms with Gasteiger partial charge in [-0.25, -0.2) is 0 Å². The smallest absolute Gasteiger partial charge is 0.295 e. The number of carbonyl (C=O) groups is 2. The van der Waals surface area contributed by atoms with Crippen LogP contribution in [0.3, 0.4) is 0 Å². The highest BCUT2D eigenvalue weighted by atomic mass is 16.5. The van der Waals surface area contributed by atoms with Gasteiger partial charge in [0, 0.05) is 25.8 Å². The monoisotopic (exact) mass is 483 g/mol. The molecule has 1 heterocycles. The first-order valence-electron chi connectivity index (χ1n) is 11.9. The van der Waals surface area contributed by atoms with Crippen molar-refractivity contribution in [2.45, 2.75) is 39.2 Å². The van der Waals surface area contributed by atoms with Crippen molar-refractivity contribution in [3.05, 3.63) is 59.2 Å². The van der Waals surface area contributed by atoms with Gasteiger partial charge in [-0.2, -0.15) is 0 Å². The number of nitrogens with zero attached hydrogens (tertiary/aromatic N) is 1. The molecule has 35 heavy (non-hydrogen) atoms. The number of Topliss-reactive ketones (excluding diaryl/α,β-unsaturated/α-hetero) is 1. The summed E-state index contributed by atoms with van der Waals surface area (Å²) in [6.07, 6.45) is 2.39. The summed E-state index contributed by atoms with van der Waals surface area (Å²) in [6.45, 7) is 5.39. The molecule has 1 aliphatic rings. The Morgan fingerprint density at radius 1 is 1.03 bits per heavy atom. The molecule has 2 aromatic rings. The fourth-order valence-corrected chi connectivity index (χ4v) is 4.03. The summed E-state index contributed by atoms with van der Waals surface area (Å²) in [7, 11) is 1.56. The van der Waals surface area contributed by atoms with Crippen LogP contribution in [0.4, 0.5) is 0 Å². The Bertz CT molecular complexity index is 1080. The lowest BCUT2D eigenvalue weighted by Gasteiger charge is -2.25. The zero-order valence-electron chi connectivity index (χ0n) is 20.5. The van der Waals surface area contributed by atoms with Crippen LogP contribution in [0.2, 0.25) is 0 Å². The average Bonchev–Trinajstić information content (AvgIpc) is 3.10. The maximum atomic E-state index is 13.2. The van der Waals surface area contributed by atoms with Gasteiger partial charge in [0.15, 0.2) is 11.5 Å². The molecule has 0 radical (unpaired) electrons. The number of rotatable bonds is 12. The minimum atomic E-state index is -0.851. The van der Waals surface area contributed by atoms with E-state index in [9.17, 15) is 19.8 Å². The van der Waals surface area contributed by atoms with E-state index in [0.29, 0.717) is 43.1 Å². The van der Waals surface area contributed by atoms with E-state index in [1.54, 1.807) is 50.4 Å². The van der Waals surface area contributed by atoms with Crippen molar-refractivity contribution in [2.24, 2.45) is 0 Å². The van der Waals surface area contributed by atoms with E-state index in [4.69, 9.17) is 14.2 Å². The number of aliphatic hydroxyl groups is 1. The molecule has 8 heteroatoms. The largest absolute Gasteiger partial charge is 0.507 e. The van der Waals surface area contributed by atoms with Crippen molar-refractivity contribution in [1.29, 1.82) is 0 Å². The predicted molar refractivity (Wildman–Crippen MR) is 132 cm³/mol. The van der Waals surface area contributed by atoms with E-state index in [2.05, 4.69) is 6.92 Å². The zero-order chi connectivity index (χ0) is 25.4. The first-order valence-corrected chi connectivity index (χ1v) is 11.9. The predicted octanol–water partition coefficient (Wildman–Crippen LogP) is 4.43. The number of hydrogen-bond donors (Lipinski definition) is 2. The Kier molecular flexibility index (Phi) is 9.14. The maximum Gasteiger partial charge on any atom is 0.295 e. The van der Waals surface area contributed by atoms with Crippen molar-refractivity contribution >= 4 is 17.4 Å². The summed E-state index contributed by atoms with van der Waals surface area (Å²) in [5.74, 6) is -1.00. The number of unbranched alkanes of at least 4 members (excludes halogenated alkanes) is 1. The molecule has 2 aromatic carbocycles. The topological polar surface area (TPSA) is 106 Å².